The first-order chi connectivity index (χ1) is 9.03. The van der Waals surface area contributed by atoms with Crippen molar-refractivity contribution in [3.05, 3.63) is 34.9 Å². The first-order valence-corrected chi connectivity index (χ1v) is 5.73. The van der Waals surface area contributed by atoms with Gasteiger partial charge in [0.25, 0.3) is 5.91 Å². The molecule has 20 heavy (non-hydrogen) atoms. The average Bonchev–Trinajstić information content (AvgIpc) is 2.28. The molecule has 0 aliphatic carbocycles. The summed E-state index contributed by atoms with van der Waals surface area (Å²) in [5.41, 5.74) is -2.30. The summed E-state index contributed by atoms with van der Waals surface area (Å²) in [6, 6.07) is 1.00. The molecule has 0 heterocycles. The molecule has 0 atom stereocenters. The highest BCUT2D eigenvalue weighted by atomic mass is 19.2. The quantitative estimate of drug-likeness (QED) is 0.880. The molecule has 1 aromatic carbocycles. The molecule has 0 fully saturated rings. The first-order valence-electron chi connectivity index (χ1n) is 5.73. The van der Waals surface area contributed by atoms with Gasteiger partial charge in [-0.3, -0.25) is 4.79 Å². The van der Waals surface area contributed by atoms with Gasteiger partial charge in [-0.25, -0.2) is 13.6 Å². The molecule has 1 amide bonds. The number of nitrogens with zero attached hydrogens (tertiary/aromatic N) is 1. The van der Waals surface area contributed by atoms with Gasteiger partial charge < -0.3 is 15.1 Å². The summed E-state index contributed by atoms with van der Waals surface area (Å²) >= 11 is 0. The third-order valence-electron chi connectivity index (χ3n) is 2.49. The van der Waals surface area contributed by atoms with Crippen molar-refractivity contribution in [3.63, 3.8) is 0 Å². The van der Waals surface area contributed by atoms with Gasteiger partial charge in [0.1, 0.15) is 0 Å². The van der Waals surface area contributed by atoms with E-state index >= 15 is 0 Å². The van der Waals surface area contributed by atoms with Crippen LogP contribution in [-0.2, 0) is 0 Å². The predicted molar refractivity (Wildman–Crippen MR) is 66.6 cm³/mol. The van der Waals surface area contributed by atoms with Crippen LogP contribution in [0.2, 0.25) is 0 Å². The summed E-state index contributed by atoms with van der Waals surface area (Å²) in [5, 5.41) is 18.6. The number of benzene rings is 1. The summed E-state index contributed by atoms with van der Waals surface area (Å²) in [5.74, 6) is -5.01. The van der Waals surface area contributed by atoms with Gasteiger partial charge in [0.15, 0.2) is 11.6 Å². The minimum absolute atomic E-state index is 0.0934. The number of carboxylic acids is 1. The lowest BCUT2D eigenvalue weighted by Gasteiger charge is -2.26. The van der Waals surface area contributed by atoms with E-state index in [1.807, 2.05) is 0 Å². The molecule has 0 aliphatic heterocycles. The maximum atomic E-state index is 13.2. The van der Waals surface area contributed by atoms with Gasteiger partial charge in [0.2, 0.25) is 0 Å². The minimum Gasteiger partial charge on any atom is -0.478 e. The van der Waals surface area contributed by atoms with Gasteiger partial charge in [-0.1, -0.05) is 0 Å². The number of carboxylic acid groups (broad SMARTS) is 1. The number of hydrogen-bond donors (Lipinski definition) is 2. The fourth-order valence-corrected chi connectivity index (χ4v) is 1.76. The monoisotopic (exact) mass is 287 g/mol. The Hall–Kier alpha value is -2.02. The van der Waals surface area contributed by atoms with Crippen molar-refractivity contribution in [3.8, 4) is 0 Å². The maximum Gasteiger partial charge on any atom is 0.336 e. The minimum atomic E-state index is -1.54. The number of likely N-dealkylation sites (N-methyl/N-ethyl adjacent to an activating group) is 1. The van der Waals surface area contributed by atoms with Crippen molar-refractivity contribution < 1.29 is 28.6 Å². The van der Waals surface area contributed by atoms with Gasteiger partial charge in [-0.15, -0.1) is 0 Å². The van der Waals surface area contributed by atoms with Crippen LogP contribution in [0.1, 0.15) is 34.6 Å². The summed E-state index contributed by atoms with van der Waals surface area (Å²) < 4.78 is 26.2. The molecule has 5 nitrogen and oxygen atoms in total. The lowest BCUT2D eigenvalue weighted by molar-refractivity contribution is 0.0366. The summed E-state index contributed by atoms with van der Waals surface area (Å²) in [6.45, 7) is 2.82. The first kappa shape index (κ1) is 16.0. The van der Waals surface area contributed by atoms with Gasteiger partial charge in [0, 0.05) is 13.6 Å². The zero-order valence-corrected chi connectivity index (χ0v) is 11.3. The molecule has 0 saturated heterocycles. The van der Waals surface area contributed by atoms with Gasteiger partial charge in [-0.05, 0) is 26.0 Å². The van der Waals surface area contributed by atoms with E-state index in [4.69, 9.17) is 5.11 Å². The van der Waals surface area contributed by atoms with E-state index in [2.05, 4.69) is 0 Å². The highest BCUT2D eigenvalue weighted by Gasteiger charge is 2.25. The van der Waals surface area contributed by atoms with Gasteiger partial charge >= 0.3 is 5.97 Å². The van der Waals surface area contributed by atoms with E-state index in [1.165, 1.54) is 20.9 Å². The number of rotatable bonds is 4. The molecule has 1 aromatic rings. The third kappa shape index (κ3) is 3.74. The van der Waals surface area contributed by atoms with Crippen LogP contribution in [0, 0.1) is 11.6 Å². The maximum absolute atomic E-state index is 13.2. The number of aliphatic hydroxyl groups is 1. The summed E-state index contributed by atoms with van der Waals surface area (Å²) in [7, 11) is 1.33. The second kappa shape index (κ2) is 5.54. The van der Waals surface area contributed by atoms with Crippen LogP contribution < -0.4 is 0 Å². The zero-order chi connectivity index (χ0) is 15.7. The summed E-state index contributed by atoms with van der Waals surface area (Å²) in [4.78, 5) is 24.1. The Morgan fingerprint density at radius 3 is 2.05 bits per heavy atom. The Morgan fingerprint density at radius 1 is 1.20 bits per heavy atom. The van der Waals surface area contributed by atoms with E-state index < -0.39 is 40.2 Å². The molecule has 1 rings (SSSR count). The molecule has 0 unspecified atom stereocenters. The Bertz CT molecular complexity index is 552. The normalized spacial score (nSPS) is 11.3. The number of aromatic carboxylic acids is 1. The van der Waals surface area contributed by atoms with Crippen molar-refractivity contribution in [1.82, 2.24) is 4.90 Å². The van der Waals surface area contributed by atoms with E-state index in [9.17, 15) is 23.5 Å². The molecule has 7 heteroatoms. The number of carbonyl (C=O) groups excluding carboxylic acids is 1. The number of carbonyl (C=O) groups is 2. The van der Waals surface area contributed by atoms with E-state index in [0.717, 1.165) is 4.90 Å². The van der Waals surface area contributed by atoms with E-state index in [-0.39, 0.29) is 6.54 Å². The highest BCUT2D eigenvalue weighted by Crippen LogP contribution is 2.18. The Kier molecular flexibility index (Phi) is 4.44. The van der Waals surface area contributed by atoms with Crippen LogP contribution in [0.3, 0.4) is 0 Å². The molecule has 0 spiro atoms. The molecular formula is C13H15F2NO4. The van der Waals surface area contributed by atoms with Crippen molar-refractivity contribution >= 4 is 11.9 Å². The number of halogens is 2. The number of amides is 1. The lowest BCUT2D eigenvalue weighted by atomic mass is 10.0. The molecule has 0 saturated carbocycles. The fraction of sp³-hybridized carbons (Fsp3) is 0.385. The van der Waals surface area contributed by atoms with Crippen LogP contribution in [-0.4, -0.2) is 46.2 Å². The SMILES string of the molecule is CN(CC(C)(C)O)C(=O)c1cc(F)c(F)cc1C(=O)O. The molecule has 0 bridgehead atoms. The largest absolute Gasteiger partial charge is 0.478 e. The van der Waals surface area contributed by atoms with Crippen LogP contribution >= 0.6 is 0 Å². The van der Waals surface area contributed by atoms with Crippen molar-refractivity contribution in [1.29, 1.82) is 0 Å². The Labute approximate surface area is 114 Å². The van der Waals surface area contributed by atoms with E-state index in [0.29, 0.717) is 12.1 Å². The van der Waals surface area contributed by atoms with Crippen LogP contribution in [0.5, 0.6) is 0 Å². The highest BCUT2D eigenvalue weighted by molar-refractivity contribution is 6.04. The van der Waals surface area contributed by atoms with Gasteiger partial charge in [0.05, 0.1) is 16.7 Å². The standard InChI is InChI=1S/C13H15F2NO4/c1-13(2,20)6-16(3)11(17)7-4-9(14)10(15)5-8(7)12(18)19/h4-5,20H,6H2,1-3H3,(H,18,19). The summed E-state index contributed by atoms with van der Waals surface area (Å²) in [6.07, 6.45) is 0. The third-order valence-corrected chi connectivity index (χ3v) is 2.49. The predicted octanol–water partition coefficient (Wildman–Crippen LogP) is 1.51. The van der Waals surface area contributed by atoms with Crippen LogP contribution in [0.15, 0.2) is 12.1 Å². The van der Waals surface area contributed by atoms with Crippen molar-refractivity contribution in [2.24, 2.45) is 0 Å². The molecule has 2 N–H and O–H groups in total. The van der Waals surface area contributed by atoms with Crippen molar-refractivity contribution in [2.75, 3.05) is 13.6 Å². The van der Waals surface area contributed by atoms with Crippen LogP contribution in [0.4, 0.5) is 8.78 Å². The molecule has 0 radical (unpaired) electrons. The van der Waals surface area contributed by atoms with Crippen LogP contribution in [0.25, 0.3) is 0 Å². The molecule has 0 aliphatic rings. The second-order valence-corrected chi connectivity index (χ2v) is 5.09. The van der Waals surface area contributed by atoms with E-state index in [1.54, 1.807) is 0 Å². The fourth-order valence-electron chi connectivity index (χ4n) is 1.76. The smallest absolute Gasteiger partial charge is 0.336 e. The average molecular weight is 287 g/mol. The molecule has 0 aromatic heterocycles. The topological polar surface area (TPSA) is 77.8 Å². The number of hydrogen-bond acceptors (Lipinski definition) is 3. The molecular weight excluding hydrogens is 272 g/mol. The van der Waals surface area contributed by atoms with Crippen molar-refractivity contribution in [2.45, 2.75) is 19.4 Å². The lowest BCUT2D eigenvalue weighted by Crippen LogP contribution is -2.40. The van der Waals surface area contributed by atoms with Gasteiger partial charge in [-0.2, -0.15) is 0 Å². The Morgan fingerprint density at radius 2 is 1.65 bits per heavy atom. The zero-order valence-electron chi connectivity index (χ0n) is 11.3. The second-order valence-electron chi connectivity index (χ2n) is 5.09. The molecule has 110 valence electrons. The Balaban J connectivity index is 3.21.